The molecule has 62 valence electrons. The monoisotopic (exact) mass is 189 g/mol. The van der Waals surface area contributed by atoms with Gasteiger partial charge in [-0.2, -0.15) is 0 Å². The van der Waals surface area contributed by atoms with E-state index in [0.717, 1.165) is 5.57 Å². The zero-order valence-electron chi connectivity index (χ0n) is 6.53. The number of nitrogens with two attached hydrogens (primary N) is 1. The van der Waals surface area contributed by atoms with Gasteiger partial charge in [-0.15, -0.1) is 23.5 Å². The number of hydrogen-bond acceptors (Lipinski definition) is 3. The van der Waals surface area contributed by atoms with Crippen molar-refractivity contribution in [1.82, 2.24) is 0 Å². The molecule has 2 unspecified atom stereocenters. The quantitative estimate of drug-likeness (QED) is 0.710. The number of primary amides is 1. The predicted molar refractivity (Wildman–Crippen MR) is 51.6 cm³/mol. The van der Waals surface area contributed by atoms with Crippen LogP contribution in [0, 0.1) is 0 Å². The van der Waals surface area contributed by atoms with Crippen molar-refractivity contribution < 1.29 is 4.79 Å². The second-order valence-corrected chi connectivity index (χ2v) is 5.12. The number of carbonyl (C=O) groups is 1. The minimum Gasteiger partial charge on any atom is -0.366 e. The predicted octanol–water partition coefficient (Wildman–Crippen LogP) is 1.22. The summed E-state index contributed by atoms with van der Waals surface area (Å²) in [4.78, 5) is 10.8. The van der Waals surface area contributed by atoms with Crippen LogP contribution in [0.25, 0.3) is 0 Å². The van der Waals surface area contributed by atoms with Crippen LogP contribution in [0.15, 0.2) is 11.6 Å². The first-order chi connectivity index (χ1) is 5.15. The van der Waals surface area contributed by atoms with Crippen molar-refractivity contribution in [1.29, 1.82) is 0 Å². The molecule has 2 N–H and O–H groups in total. The molecule has 1 aliphatic heterocycles. The van der Waals surface area contributed by atoms with Crippen molar-refractivity contribution in [2.45, 2.75) is 16.8 Å². The van der Waals surface area contributed by atoms with Crippen LogP contribution in [0.5, 0.6) is 0 Å². The second kappa shape index (κ2) is 3.54. The van der Waals surface area contributed by atoms with Gasteiger partial charge < -0.3 is 5.73 Å². The van der Waals surface area contributed by atoms with E-state index in [4.69, 9.17) is 5.73 Å². The Bertz CT molecular complexity index is 203. The summed E-state index contributed by atoms with van der Waals surface area (Å²) in [7, 11) is 0. The highest BCUT2D eigenvalue weighted by atomic mass is 32.2. The lowest BCUT2D eigenvalue weighted by Gasteiger charge is -2.07. The number of hydrogen-bond donors (Lipinski definition) is 1. The smallest absolute Gasteiger partial charge is 0.246 e. The number of carbonyl (C=O) groups excluding carboxylic acids is 1. The maximum absolute atomic E-state index is 10.8. The molecule has 0 aromatic carbocycles. The third-order valence-corrected chi connectivity index (χ3v) is 4.16. The Hall–Kier alpha value is -0.0900. The number of amides is 1. The Morgan fingerprint density at radius 1 is 1.82 bits per heavy atom. The maximum Gasteiger partial charge on any atom is 0.246 e. The van der Waals surface area contributed by atoms with Gasteiger partial charge in [0.05, 0.1) is 4.58 Å². The first-order valence-corrected chi connectivity index (χ1v) is 5.58. The molecular formula is C7H11NOS2. The van der Waals surface area contributed by atoms with E-state index in [1.165, 1.54) is 0 Å². The third-order valence-electron chi connectivity index (χ3n) is 1.51. The molecule has 0 radical (unpaired) electrons. The van der Waals surface area contributed by atoms with Crippen LogP contribution in [0.4, 0.5) is 0 Å². The van der Waals surface area contributed by atoms with Crippen molar-refractivity contribution >= 4 is 29.4 Å². The standard InChI is InChI=1S/C7H11NOS2/c1-4-3-5(6(8)9)7(10-2)11-4/h3-4,7H,1-2H3,(H2,8,9). The average molecular weight is 189 g/mol. The molecule has 4 heteroatoms. The molecule has 0 aromatic heterocycles. The van der Waals surface area contributed by atoms with E-state index in [0.29, 0.717) is 5.25 Å². The normalized spacial score (nSPS) is 30.2. The van der Waals surface area contributed by atoms with Gasteiger partial charge in [0.1, 0.15) is 0 Å². The van der Waals surface area contributed by atoms with Gasteiger partial charge in [0.25, 0.3) is 0 Å². The summed E-state index contributed by atoms with van der Waals surface area (Å²) in [6.45, 7) is 2.07. The molecular weight excluding hydrogens is 178 g/mol. The van der Waals surface area contributed by atoms with E-state index >= 15 is 0 Å². The van der Waals surface area contributed by atoms with Crippen LogP contribution in [0.3, 0.4) is 0 Å². The van der Waals surface area contributed by atoms with E-state index < -0.39 is 0 Å². The molecule has 0 aliphatic carbocycles. The molecule has 2 nitrogen and oxygen atoms in total. The van der Waals surface area contributed by atoms with Crippen molar-refractivity contribution in [3.63, 3.8) is 0 Å². The SMILES string of the molecule is CSC1SC(C)C=C1C(N)=O. The summed E-state index contributed by atoms with van der Waals surface area (Å²) in [6.07, 6.45) is 3.95. The molecule has 1 heterocycles. The number of rotatable bonds is 2. The summed E-state index contributed by atoms with van der Waals surface area (Å²) in [5.41, 5.74) is 5.97. The highest BCUT2D eigenvalue weighted by molar-refractivity contribution is 8.17. The average Bonchev–Trinajstić information content (AvgIpc) is 2.30. The lowest BCUT2D eigenvalue weighted by Crippen LogP contribution is -2.17. The van der Waals surface area contributed by atoms with Gasteiger partial charge in [-0.25, -0.2) is 0 Å². The van der Waals surface area contributed by atoms with E-state index in [-0.39, 0.29) is 10.5 Å². The highest BCUT2D eigenvalue weighted by Gasteiger charge is 2.26. The molecule has 1 aliphatic rings. The molecule has 0 saturated heterocycles. The van der Waals surface area contributed by atoms with Crippen molar-refractivity contribution in [3.05, 3.63) is 11.6 Å². The lowest BCUT2D eigenvalue weighted by molar-refractivity contribution is -0.114. The first kappa shape index (κ1) is 9.00. The van der Waals surface area contributed by atoms with Crippen molar-refractivity contribution in [2.24, 2.45) is 5.73 Å². The van der Waals surface area contributed by atoms with Crippen molar-refractivity contribution in [2.75, 3.05) is 6.26 Å². The molecule has 1 amide bonds. The van der Waals surface area contributed by atoms with Gasteiger partial charge in [0.2, 0.25) is 5.91 Å². The summed E-state index contributed by atoms with van der Waals surface area (Å²) < 4.78 is 0.252. The van der Waals surface area contributed by atoms with Crippen LogP contribution < -0.4 is 5.73 Å². The lowest BCUT2D eigenvalue weighted by atomic mass is 10.2. The van der Waals surface area contributed by atoms with Gasteiger partial charge in [0.15, 0.2) is 0 Å². The Labute approximate surface area is 75.0 Å². The number of thioether (sulfide) groups is 2. The molecule has 2 atom stereocenters. The first-order valence-electron chi connectivity index (χ1n) is 3.35. The molecule has 0 bridgehead atoms. The van der Waals surface area contributed by atoms with Crippen LogP contribution in [-0.4, -0.2) is 22.0 Å². The molecule has 0 aromatic rings. The zero-order chi connectivity index (χ0) is 8.43. The largest absolute Gasteiger partial charge is 0.366 e. The Morgan fingerprint density at radius 2 is 2.45 bits per heavy atom. The van der Waals surface area contributed by atoms with Crippen LogP contribution in [0.2, 0.25) is 0 Å². The third kappa shape index (κ3) is 1.93. The maximum atomic E-state index is 10.8. The molecule has 1 rings (SSSR count). The van der Waals surface area contributed by atoms with E-state index in [9.17, 15) is 4.79 Å². The molecule has 11 heavy (non-hydrogen) atoms. The fourth-order valence-electron chi connectivity index (χ4n) is 1.02. The van der Waals surface area contributed by atoms with E-state index in [1.807, 2.05) is 12.3 Å². The van der Waals surface area contributed by atoms with E-state index in [2.05, 4.69) is 6.92 Å². The Morgan fingerprint density at radius 3 is 2.82 bits per heavy atom. The van der Waals surface area contributed by atoms with E-state index in [1.54, 1.807) is 23.5 Å². The topological polar surface area (TPSA) is 43.1 Å². The molecule has 0 spiro atoms. The van der Waals surface area contributed by atoms with Crippen LogP contribution in [-0.2, 0) is 4.79 Å². The highest BCUT2D eigenvalue weighted by Crippen LogP contribution is 2.38. The Balaban J connectivity index is 2.74. The second-order valence-electron chi connectivity index (χ2n) is 2.40. The van der Waals surface area contributed by atoms with Crippen LogP contribution in [0.1, 0.15) is 6.92 Å². The van der Waals surface area contributed by atoms with Gasteiger partial charge in [-0.1, -0.05) is 6.08 Å². The molecule has 0 saturated carbocycles. The fourth-order valence-corrected chi connectivity index (χ4v) is 3.40. The molecule has 0 fully saturated rings. The van der Waals surface area contributed by atoms with Crippen molar-refractivity contribution in [3.8, 4) is 0 Å². The van der Waals surface area contributed by atoms with Gasteiger partial charge in [-0.05, 0) is 13.2 Å². The minimum absolute atomic E-state index is 0.252. The van der Waals surface area contributed by atoms with Gasteiger partial charge >= 0.3 is 0 Å². The van der Waals surface area contributed by atoms with Gasteiger partial charge in [0, 0.05) is 10.8 Å². The zero-order valence-corrected chi connectivity index (χ0v) is 8.17. The Kier molecular flexibility index (Phi) is 2.90. The summed E-state index contributed by atoms with van der Waals surface area (Å²) >= 11 is 3.44. The fraction of sp³-hybridized carbons (Fsp3) is 0.571. The summed E-state index contributed by atoms with van der Waals surface area (Å²) in [5, 5.41) is 0.426. The van der Waals surface area contributed by atoms with Crippen LogP contribution >= 0.6 is 23.5 Å². The minimum atomic E-state index is -0.277. The summed E-state index contributed by atoms with van der Waals surface area (Å²) in [5.74, 6) is -0.277. The summed E-state index contributed by atoms with van der Waals surface area (Å²) in [6, 6.07) is 0. The van der Waals surface area contributed by atoms with Gasteiger partial charge in [-0.3, -0.25) is 4.79 Å².